The van der Waals surface area contributed by atoms with Crippen LogP contribution in [0.2, 0.25) is 0 Å². The van der Waals surface area contributed by atoms with Crippen molar-refractivity contribution in [2.45, 2.75) is 37.8 Å². The number of carbonyl (C=O) groups is 1. The molecule has 1 aromatic carbocycles. The monoisotopic (exact) mass is 447 g/mol. The van der Waals surface area contributed by atoms with Gasteiger partial charge in [0.1, 0.15) is 33.1 Å². The Hall–Kier alpha value is -3.05. The van der Waals surface area contributed by atoms with Crippen LogP contribution in [-0.4, -0.2) is 32.8 Å². The van der Waals surface area contributed by atoms with Gasteiger partial charge in [-0.05, 0) is 37.8 Å². The highest BCUT2D eigenvalue weighted by Gasteiger charge is 2.24. The molecule has 8 nitrogen and oxygen atoms in total. The van der Waals surface area contributed by atoms with Gasteiger partial charge in [-0.25, -0.2) is 13.8 Å². The summed E-state index contributed by atoms with van der Waals surface area (Å²) in [5, 5.41) is 10.4. The van der Waals surface area contributed by atoms with E-state index in [1.165, 1.54) is 12.3 Å². The minimum atomic E-state index is -0.773. The molecule has 2 atom stereocenters. The summed E-state index contributed by atoms with van der Waals surface area (Å²) in [6.07, 6.45) is 5.35. The fourth-order valence-corrected chi connectivity index (χ4v) is 4.61. The van der Waals surface area contributed by atoms with Crippen molar-refractivity contribution in [2.24, 2.45) is 12.8 Å². The quantitative estimate of drug-likeness (QED) is 0.476. The molecule has 31 heavy (non-hydrogen) atoms. The van der Waals surface area contributed by atoms with E-state index in [1.807, 2.05) is 0 Å². The number of aromatic nitrogens is 3. The molecule has 0 aliphatic heterocycles. The molecule has 164 valence electrons. The number of aryl methyl sites for hydroxylation is 1. The Morgan fingerprint density at radius 3 is 2.74 bits per heavy atom. The Morgan fingerprint density at radius 1 is 1.29 bits per heavy atom. The van der Waals surface area contributed by atoms with E-state index in [0.29, 0.717) is 11.5 Å². The van der Waals surface area contributed by atoms with Crippen molar-refractivity contribution in [3.8, 4) is 10.6 Å². The highest BCUT2D eigenvalue weighted by molar-refractivity contribution is 7.19. The highest BCUT2D eigenvalue weighted by atomic mass is 32.1. The number of carbonyl (C=O) groups excluding carboxylic acids is 1. The Morgan fingerprint density at radius 2 is 2.03 bits per heavy atom. The minimum absolute atomic E-state index is 0.000946. The Kier molecular flexibility index (Phi) is 5.88. The van der Waals surface area contributed by atoms with Gasteiger partial charge in [-0.3, -0.25) is 9.48 Å². The van der Waals surface area contributed by atoms with Crippen molar-refractivity contribution in [1.29, 1.82) is 0 Å². The summed E-state index contributed by atoms with van der Waals surface area (Å²) in [6, 6.07) is 3.83. The van der Waals surface area contributed by atoms with Gasteiger partial charge < -0.3 is 22.1 Å². The molecule has 4 rings (SSSR count). The van der Waals surface area contributed by atoms with E-state index in [4.69, 9.17) is 11.5 Å². The number of nitrogens with one attached hydrogen (secondary N) is 2. The van der Waals surface area contributed by atoms with Gasteiger partial charge in [0.25, 0.3) is 5.91 Å². The molecule has 1 fully saturated rings. The molecule has 6 N–H and O–H groups in total. The van der Waals surface area contributed by atoms with E-state index in [2.05, 4.69) is 20.7 Å². The number of rotatable bonds is 5. The minimum Gasteiger partial charge on any atom is -0.389 e. The molecule has 2 heterocycles. The summed E-state index contributed by atoms with van der Waals surface area (Å²) in [5.74, 6) is -1.50. The lowest BCUT2D eigenvalue weighted by Crippen LogP contribution is -2.35. The number of nitrogens with zero attached hydrogens (tertiary/aromatic N) is 3. The van der Waals surface area contributed by atoms with Gasteiger partial charge in [0.2, 0.25) is 0 Å². The van der Waals surface area contributed by atoms with E-state index in [1.54, 1.807) is 11.7 Å². The smallest absolute Gasteiger partial charge is 0.277 e. The number of nitrogen functional groups attached to an aromatic ring is 1. The van der Waals surface area contributed by atoms with E-state index in [-0.39, 0.29) is 33.3 Å². The van der Waals surface area contributed by atoms with Crippen LogP contribution in [0.3, 0.4) is 0 Å². The number of halogens is 2. The first-order chi connectivity index (χ1) is 14.8. The fraction of sp³-hybridized carbons (Fsp3) is 0.350. The van der Waals surface area contributed by atoms with Crippen LogP contribution in [0.25, 0.3) is 10.6 Å². The number of benzene rings is 1. The van der Waals surface area contributed by atoms with Crippen LogP contribution in [-0.2, 0) is 7.05 Å². The Bertz CT molecular complexity index is 1090. The van der Waals surface area contributed by atoms with Crippen molar-refractivity contribution >= 4 is 33.8 Å². The van der Waals surface area contributed by atoms with E-state index < -0.39 is 17.5 Å². The van der Waals surface area contributed by atoms with Gasteiger partial charge in [-0.15, -0.1) is 0 Å². The zero-order valence-electron chi connectivity index (χ0n) is 16.9. The fourth-order valence-electron chi connectivity index (χ4n) is 3.74. The molecule has 1 aliphatic carbocycles. The summed E-state index contributed by atoms with van der Waals surface area (Å²) in [4.78, 5) is 16.9. The molecular weight excluding hydrogens is 424 g/mol. The number of nitrogens with two attached hydrogens (primary N) is 2. The maximum absolute atomic E-state index is 14.1. The first kappa shape index (κ1) is 21.2. The van der Waals surface area contributed by atoms with Crippen molar-refractivity contribution < 1.29 is 13.6 Å². The van der Waals surface area contributed by atoms with Crippen molar-refractivity contribution in [1.82, 2.24) is 14.8 Å². The predicted octanol–water partition coefficient (Wildman–Crippen LogP) is 3.34. The van der Waals surface area contributed by atoms with Gasteiger partial charge >= 0.3 is 0 Å². The molecule has 1 saturated carbocycles. The lowest BCUT2D eigenvalue weighted by Gasteiger charge is -2.28. The third-order valence-corrected chi connectivity index (χ3v) is 6.19. The van der Waals surface area contributed by atoms with Crippen LogP contribution < -0.4 is 22.1 Å². The standard InChI is InChI=1S/C20H23F2N7OS/c1-29-18(26-11-5-2-4-10(23)8-11)14(9-25-29)27-19(30)16-17(24)31-20(28-16)15-12(21)6-3-7-13(15)22/h3,6-7,9-11,26H,2,4-5,8,23-24H2,1H3,(H,27,30). The summed E-state index contributed by atoms with van der Waals surface area (Å²) in [7, 11) is 1.76. The Labute approximate surface area is 181 Å². The summed E-state index contributed by atoms with van der Waals surface area (Å²) < 4.78 is 29.8. The van der Waals surface area contributed by atoms with Gasteiger partial charge in [0.15, 0.2) is 5.69 Å². The summed E-state index contributed by atoms with van der Waals surface area (Å²) in [6.45, 7) is 0. The zero-order chi connectivity index (χ0) is 22.1. The molecule has 1 amide bonds. The number of amides is 1. The molecule has 0 spiro atoms. The van der Waals surface area contributed by atoms with Crippen LogP contribution >= 0.6 is 11.3 Å². The lowest BCUT2D eigenvalue weighted by atomic mass is 9.91. The summed E-state index contributed by atoms with van der Waals surface area (Å²) in [5.41, 5.74) is 12.1. The van der Waals surface area contributed by atoms with Crippen molar-refractivity contribution in [3.05, 3.63) is 41.7 Å². The predicted molar refractivity (Wildman–Crippen MR) is 117 cm³/mol. The molecule has 2 aromatic heterocycles. The van der Waals surface area contributed by atoms with Gasteiger partial charge in [0, 0.05) is 19.1 Å². The number of hydrogen-bond donors (Lipinski definition) is 4. The first-order valence-corrected chi connectivity index (χ1v) is 10.7. The first-order valence-electron chi connectivity index (χ1n) is 9.89. The van der Waals surface area contributed by atoms with Crippen molar-refractivity contribution in [2.75, 3.05) is 16.4 Å². The number of hydrogen-bond acceptors (Lipinski definition) is 7. The molecular formula is C20H23F2N7OS. The van der Waals surface area contributed by atoms with Crippen LogP contribution in [0.4, 0.5) is 25.3 Å². The number of anilines is 3. The van der Waals surface area contributed by atoms with Crippen LogP contribution in [0.15, 0.2) is 24.4 Å². The maximum atomic E-state index is 14.1. The van der Waals surface area contributed by atoms with Crippen LogP contribution in [0.5, 0.6) is 0 Å². The average Bonchev–Trinajstić information content (AvgIpc) is 3.25. The largest absolute Gasteiger partial charge is 0.389 e. The lowest BCUT2D eigenvalue weighted by molar-refractivity contribution is 0.102. The second-order valence-electron chi connectivity index (χ2n) is 7.58. The van der Waals surface area contributed by atoms with Gasteiger partial charge in [0.05, 0.1) is 11.8 Å². The van der Waals surface area contributed by atoms with Crippen LogP contribution in [0, 0.1) is 11.6 Å². The molecule has 0 radical (unpaired) electrons. The van der Waals surface area contributed by atoms with Crippen LogP contribution in [0.1, 0.15) is 36.2 Å². The van der Waals surface area contributed by atoms with E-state index in [9.17, 15) is 13.6 Å². The molecule has 1 aliphatic rings. The third-order valence-electron chi connectivity index (χ3n) is 5.29. The number of thiazole rings is 1. The molecule has 11 heteroatoms. The molecule has 0 bridgehead atoms. The highest BCUT2D eigenvalue weighted by Crippen LogP contribution is 2.34. The zero-order valence-corrected chi connectivity index (χ0v) is 17.7. The van der Waals surface area contributed by atoms with Crippen molar-refractivity contribution in [3.63, 3.8) is 0 Å². The van der Waals surface area contributed by atoms with E-state index in [0.717, 1.165) is 49.2 Å². The molecule has 3 aromatic rings. The average molecular weight is 448 g/mol. The Balaban J connectivity index is 1.55. The maximum Gasteiger partial charge on any atom is 0.277 e. The van der Waals surface area contributed by atoms with Gasteiger partial charge in [-0.1, -0.05) is 17.4 Å². The topological polar surface area (TPSA) is 124 Å². The normalized spacial score (nSPS) is 18.7. The van der Waals surface area contributed by atoms with Gasteiger partial charge in [-0.2, -0.15) is 5.10 Å². The summed E-state index contributed by atoms with van der Waals surface area (Å²) >= 11 is 0.848. The SMILES string of the molecule is Cn1ncc(NC(=O)c2nc(-c3c(F)cccc3F)sc2N)c1NC1CCCC(N)C1. The third kappa shape index (κ3) is 4.37. The molecule has 2 unspecified atom stereocenters. The second-order valence-corrected chi connectivity index (χ2v) is 8.61. The second kappa shape index (κ2) is 8.60. The molecule has 0 saturated heterocycles. The van der Waals surface area contributed by atoms with E-state index >= 15 is 0 Å².